The maximum atomic E-state index is 11.8. The lowest BCUT2D eigenvalue weighted by Crippen LogP contribution is -2.26. The summed E-state index contributed by atoms with van der Waals surface area (Å²) in [6, 6.07) is 7.59. The third kappa shape index (κ3) is 5.21. The van der Waals surface area contributed by atoms with E-state index in [4.69, 9.17) is 9.26 Å². The highest BCUT2D eigenvalue weighted by Crippen LogP contribution is 2.48. The van der Waals surface area contributed by atoms with Gasteiger partial charge in [0.05, 0.1) is 23.6 Å². The summed E-state index contributed by atoms with van der Waals surface area (Å²) in [5, 5.41) is 0. The van der Waals surface area contributed by atoms with E-state index in [1.807, 2.05) is 44.3 Å². The van der Waals surface area contributed by atoms with E-state index in [0.717, 1.165) is 3.57 Å². The molecule has 0 fully saturated rings. The zero-order valence-corrected chi connectivity index (χ0v) is 13.5. The van der Waals surface area contributed by atoms with Crippen LogP contribution in [0.3, 0.4) is 0 Å². The molecule has 0 spiro atoms. The summed E-state index contributed by atoms with van der Waals surface area (Å²) in [5.74, 6) is 0.412. The lowest BCUT2D eigenvalue weighted by molar-refractivity contribution is -0.140. The molecule has 1 atom stereocenters. The van der Waals surface area contributed by atoms with Crippen LogP contribution in [0.4, 0.5) is 0 Å². The first kappa shape index (κ1) is 14.7. The number of halogens is 1. The van der Waals surface area contributed by atoms with Crippen LogP contribution in [0.15, 0.2) is 24.3 Å². The molecule has 0 aliphatic carbocycles. The second kappa shape index (κ2) is 6.01. The van der Waals surface area contributed by atoms with Crippen LogP contribution in [-0.2, 0) is 9.32 Å². The van der Waals surface area contributed by atoms with Crippen molar-refractivity contribution in [2.45, 2.75) is 13.0 Å². The zero-order chi connectivity index (χ0) is 13.1. The molecule has 0 radical (unpaired) electrons. The van der Waals surface area contributed by atoms with E-state index in [2.05, 4.69) is 22.6 Å². The highest BCUT2D eigenvalue weighted by Gasteiger charge is 2.29. The molecule has 5 heteroatoms. The van der Waals surface area contributed by atoms with Crippen molar-refractivity contribution in [2.24, 2.45) is 0 Å². The van der Waals surface area contributed by atoms with Crippen molar-refractivity contribution in [3.05, 3.63) is 27.8 Å². The fourth-order valence-electron chi connectivity index (χ4n) is 1.12. The summed E-state index contributed by atoms with van der Waals surface area (Å²) in [7, 11) is -1.57. The molecule has 0 N–H and O–H groups in total. The van der Waals surface area contributed by atoms with Gasteiger partial charge in [-0.3, -0.25) is 0 Å². The molecule has 0 saturated carbocycles. The Morgan fingerprint density at radius 3 is 2.41 bits per heavy atom. The van der Waals surface area contributed by atoms with Crippen LogP contribution in [0.2, 0.25) is 0 Å². The quantitative estimate of drug-likeness (QED) is 0.604. The van der Waals surface area contributed by atoms with Gasteiger partial charge in [-0.1, -0.05) is 12.1 Å². The molecule has 0 aliphatic rings. The third-order valence-corrected chi connectivity index (χ3v) is 3.46. The number of ether oxygens (including phenoxy) is 1. The van der Waals surface area contributed by atoms with Gasteiger partial charge in [-0.25, -0.2) is 4.79 Å². The molecular formula is C12H17IO3P+. The summed E-state index contributed by atoms with van der Waals surface area (Å²) in [4.78, 5) is 11.8. The maximum Gasteiger partial charge on any atom is 0.389 e. The van der Waals surface area contributed by atoms with Gasteiger partial charge in [0, 0.05) is 0 Å². The molecule has 1 rings (SSSR count). The topological polar surface area (TPSA) is 35.5 Å². The van der Waals surface area contributed by atoms with Crippen LogP contribution >= 0.6 is 30.1 Å². The van der Waals surface area contributed by atoms with Crippen LogP contribution in [0.5, 0.6) is 5.75 Å². The van der Waals surface area contributed by atoms with Crippen molar-refractivity contribution < 1.29 is 14.1 Å². The minimum atomic E-state index is -1.57. The second-order valence-electron chi connectivity index (χ2n) is 4.49. The first-order valence-electron chi connectivity index (χ1n) is 5.25. The summed E-state index contributed by atoms with van der Waals surface area (Å²) >= 11 is 2.18. The minimum absolute atomic E-state index is 0.300. The predicted molar refractivity (Wildman–Crippen MR) is 80.0 cm³/mol. The van der Waals surface area contributed by atoms with E-state index in [1.54, 1.807) is 6.92 Å². The van der Waals surface area contributed by atoms with Gasteiger partial charge in [0.1, 0.15) is 5.75 Å². The lowest BCUT2D eigenvalue weighted by atomic mass is 10.3. The number of hydrogen-bond donors (Lipinski definition) is 0. The first-order chi connectivity index (χ1) is 7.79. The zero-order valence-electron chi connectivity index (χ0n) is 10.4. The molecule has 17 heavy (non-hydrogen) atoms. The average molecular weight is 367 g/mol. The number of carbonyl (C=O) groups excluding carboxylic acids is 1. The average Bonchev–Trinajstić information content (AvgIpc) is 2.18. The van der Waals surface area contributed by atoms with Gasteiger partial charge < -0.3 is 9.26 Å². The van der Waals surface area contributed by atoms with Crippen molar-refractivity contribution in [3.63, 3.8) is 0 Å². The molecular weight excluding hydrogens is 350 g/mol. The largest absolute Gasteiger partial charge is 0.478 e. The van der Waals surface area contributed by atoms with E-state index in [-0.39, 0.29) is 5.97 Å². The Hall–Kier alpha value is -0.350. The lowest BCUT2D eigenvalue weighted by Gasteiger charge is -2.16. The van der Waals surface area contributed by atoms with Crippen LogP contribution in [0, 0.1) is 3.57 Å². The number of para-hydroxylation sites is 1. The molecule has 0 aromatic heterocycles. The van der Waals surface area contributed by atoms with Crippen molar-refractivity contribution in [1.29, 1.82) is 0 Å². The molecule has 0 saturated heterocycles. The third-order valence-electron chi connectivity index (χ3n) is 1.84. The highest BCUT2D eigenvalue weighted by atomic mass is 127. The van der Waals surface area contributed by atoms with Gasteiger partial charge in [-0.15, -0.1) is 0 Å². The Balaban J connectivity index is 2.64. The molecule has 94 valence electrons. The molecule has 0 amide bonds. The van der Waals surface area contributed by atoms with Crippen molar-refractivity contribution in [3.8, 4) is 5.75 Å². The normalized spacial score (nSPS) is 13.0. The number of carbonyl (C=O) groups is 1. The molecule has 0 heterocycles. The Morgan fingerprint density at radius 1 is 1.29 bits per heavy atom. The standard InChI is InChI=1S/C12H17IO3P/c1-9(12(14)16-17(2,3)4)15-11-8-6-5-7-10(11)13/h5-9H,1-4H3/q+1. The number of rotatable bonds is 4. The van der Waals surface area contributed by atoms with E-state index >= 15 is 0 Å². The fourth-order valence-corrected chi connectivity index (χ4v) is 2.33. The van der Waals surface area contributed by atoms with Gasteiger partial charge >= 0.3 is 5.97 Å². The van der Waals surface area contributed by atoms with Gasteiger partial charge in [0.2, 0.25) is 0 Å². The van der Waals surface area contributed by atoms with E-state index < -0.39 is 13.6 Å². The van der Waals surface area contributed by atoms with Gasteiger partial charge in [-0.05, 0) is 41.6 Å². The van der Waals surface area contributed by atoms with Gasteiger partial charge in [-0.2, -0.15) is 0 Å². The molecule has 1 aromatic rings. The molecule has 3 nitrogen and oxygen atoms in total. The van der Waals surface area contributed by atoms with Crippen LogP contribution in [0.25, 0.3) is 0 Å². The van der Waals surface area contributed by atoms with Crippen LogP contribution < -0.4 is 4.74 Å². The monoisotopic (exact) mass is 367 g/mol. The Labute approximate surface area is 116 Å². The summed E-state index contributed by atoms with van der Waals surface area (Å²) in [6.07, 6.45) is -0.579. The van der Waals surface area contributed by atoms with Crippen LogP contribution in [0.1, 0.15) is 6.92 Å². The van der Waals surface area contributed by atoms with E-state index in [0.29, 0.717) is 5.75 Å². The summed E-state index contributed by atoms with van der Waals surface area (Å²) in [5.41, 5.74) is 0. The number of benzene rings is 1. The van der Waals surface area contributed by atoms with E-state index in [9.17, 15) is 4.79 Å². The summed E-state index contributed by atoms with van der Waals surface area (Å²) in [6.45, 7) is 7.55. The molecule has 0 aliphatic heterocycles. The first-order valence-corrected chi connectivity index (χ1v) is 9.38. The maximum absolute atomic E-state index is 11.8. The molecule has 1 unspecified atom stereocenters. The number of hydrogen-bond acceptors (Lipinski definition) is 3. The van der Waals surface area contributed by atoms with Gasteiger partial charge in [0.15, 0.2) is 13.6 Å². The van der Waals surface area contributed by atoms with Crippen LogP contribution in [-0.4, -0.2) is 32.1 Å². The SMILES string of the molecule is CC(Oc1ccccc1I)C(=O)O[P+](C)(C)C. The van der Waals surface area contributed by atoms with Crippen molar-refractivity contribution in [1.82, 2.24) is 0 Å². The van der Waals surface area contributed by atoms with Crippen molar-refractivity contribution in [2.75, 3.05) is 20.0 Å². The highest BCUT2D eigenvalue weighted by molar-refractivity contribution is 14.1. The smallest absolute Gasteiger partial charge is 0.389 e. The fraction of sp³-hybridized carbons (Fsp3) is 0.417. The van der Waals surface area contributed by atoms with Gasteiger partial charge in [0.25, 0.3) is 0 Å². The summed E-state index contributed by atoms with van der Waals surface area (Å²) < 4.78 is 11.9. The molecule has 1 aromatic carbocycles. The second-order valence-corrected chi connectivity index (χ2v) is 9.61. The molecule has 0 bridgehead atoms. The van der Waals surface area contributed by atoms with Crippen molar-refractivity contribution >= 4 is 36.0 Å². The van der Waals surface area contributed by atoms with E-state index in [1.165, 1.54) is 0 Å². The minimum Gasteiger partial charge on any atom is -0.478 e. The predicted octanol–water partition coefficient (Wildman–Crippen LogP) is 3.42. The Kier molecular flexibility index (Phi) is 5.20. The Bertz CT molecular complexity index is 401. The Morgan fingerprint density at radius 2 is 1.88 bits per heavy atom.